The lowest BCUT2D eigenvalue weighted by Gasteiger charge is -2.40. The van der Waals surface area contributed by atoms with E-state index in [-0.39, 0.29) is 0 Å². The van der Waals surface area contributed by atoms with Crippen molar-refractivity contribution < 1.29 is 8.76 Å². The van der Waals surface area contributed by atoms with E-state index in [1.54, 1.807) is 4.31 Å². The highest BCUT2D eigenvalue weighted by Gasteiger charge is 2.29. The summed E-state index contributed by atoms with van der Waals surface area (Å²) < 4.78 is 21.6. The predicted molar refractivity (Wildman–Crippen MR) is 73.1 cm³/mol. The van der Waals surface area contributed by atoms with Crippen LogP contribution in [0.2, 0.25) is 0 Å². The maximum absolute atomic E-state index is 11.0. The molecule has 0 bridgehead atoms. The molecular weight excluding hydrogens is 248 g/mol. The van der Waals surface area contributed by atoms with Crippen LogP contribution in [0.25, 0.3) is 0 Å². The molecule has 1 unspecified atom stereocenters. The molecule has 0 aromatic rings. The van der Waals surface area contributed by atoms with Gasteiger partial charge in [-0.1, -0.05) is 0 Å². The molecule has 2 fully saturated rings. The van der Waals surface area contributed by atoms with Crippen molar-refractivity contribution >= 4 is 11.3 Å². The SMILES string of the molecule is C#CCC1CCN(C2CCN(S(=O)O)CC2)CC1. The molecule has 0 aromatic heterocycles. The van der Waals surface area contributed by atoms with Gasteiger partial charge in [-0.25, -0.2) is 8.51 Å². The summed E-state index contributed by atoms with van der Waals surface area (Å²) >= 11 is -1.79. The van der Waals surface area contributed by atoms with Crippen molar-refractivity contribution in [3.8, 4) is 12.3 Å². The summed E-state index contributed by atoms with van der Waals surface area (Å²) in [7, 11) is 0. The molecule has 2 heterocycles. The third-order valence-electron chi connectivity index (χ3n) is 4.22. The fourth-order valence-electron chi connectivity index (χ4n) is 3.05. The molecule has 0 spiro atoms. The lowest BCUT2D eigenvalue weighted by atomic mass is 9.92. The van der Waals surface area contributed by atoms with Gasteiger partial charge in [-0.3, -0.25) is 4.55 Å². The Balaban J connectivity index is 1.75. The van der Waals surface area contributed by atoms with Crippen LogP contribution in [0.15, 0.2) is 0 Å². The van der Waals surface area contributed by atoms with Crippen molar-refractivity contribution in [1.29, 1.82) is 0 Å². The van der Waals surface area contributed by atoms with Gasteiger partial charge in [-0.05, 0) is 44.7 Å². The zero-order valence-corrected chi connectivity index (χ0v) is 11.6. The number of rotatable bonds is 3. The van der Waals surface area contributed by atoms with Gasteiger partial charge in [0, 0.05) is 25.6 Å². The van der Waals surface area contributed by atoms with Gasteiger partial charge in [0.05, 0.1) is 0 Å². The minimum atomic E-state index is -1.79. The zero-order valence-electron chi connectivity index (χ0n) is 10.8. The molecule has 18 heavy (non-hydrogen) atoms. The summed E-state index contributed by atoms with van der Waals surface area (Å²) in [5, 5.41) is 0. The molecule has 0 radical (unpaired) electrons. The summed E-state index contributed by atoms with van der Waals surface area (Å²) in [6.45, 7) is 3.74. The normalized spacial score (nSPS) is 26.9. The van der Waals surface area contributed by atoms with Gasteiger partial charge in [-0.2, -0.15) is 0 Å². The van der Waals surface area contributed by atoms with Crippen molar-refractivity contribution in [3.05, 3.63) is 0 Å². The summed E-state index contributed by atoms with van der Waals surface area (Å²) in [6, 6.07) is 0.594. The van der Waals surface area contributed by atoms with Crippen molar-refractivity contribution in [3.63, 3.8) is 0 Å². The van der Waals surface area contributed by atoms with E-state index in [2.05, 4.69) is 10.8 Å². The maximum atomic E-state index is 11.0. The van der Waals surface area contributed by atoms with Crippen LogP contribution in [-0.2, 0) is 11.3 Å². The summed E-state index contributed by atoms with van der Waals surface area (Å²) in [5.74, 6) is 3.47. The fourth-order valence-corrected chi connectivity index (χ4v) is 3.58. The third-order valence-corrected chi connectivity index (χ3v) is 5.02. The Hall–Kier alpha value is -0.410. The highest BCUT2D eigenvalue weighted by atomic mass is 32.2. The van der Waals surface area contributed by atoms with Crippen LogP contribution >= 0.6 is 0 Å². The van der Waals surface area contributed by atoms with Crippen LogP contribution in [0.3, 0.4) is 0 Å². The van der Waals surface area contributed by atoms with E-state index in [0.29, 0.717) is 12.0 Å². The number of piperidine rings is 2. The lowest BCUT2D eigenvalue weighted by Crippen LogP contribution is -2.47. The van der Waals surface area contributed by atoms with Crippen molar-refractivity contribution in [2.24, 2.45) is 5.92 Å². The van der Waals surface area contributed by atoms with Crippen LogP contribution in [0.5, 0.6) is 0 Å². The topological polar surface area (TPSA) is 43.8 Å². The molecule has 2 aliphatic heterocycles. The zero-order chi connectivity index (χ0) is 13.0. The predicted octanol–water partition coefficient (Wildman–Crippen LogP) is 1.32. The van der Waals surface area contributed by atoms with Crippen LogP contribution in [0.1, 0.15) is 32.1 Å². The van der Waals surface area contributed by atoms with E-state index in [1.165, 1.54) is 12.8 Å². The Labute approximate surface area is 112 Å². The maximum Gasteiger partial charge on any atom is 0.234 e. The molecule has 1 N–H and O–H groups in total. The van der Waals surface area contributed by atoms with Crippen LogP contribution in [0.4, 0.5) is 0 Å². The Morgan fingerprint density at radius 1 is 1.17 bits per heavy atom. The standard InChI is InChI=1S/C13H22N2O2S/c1-2-3-12-4-8-14(9-5-12)13-6-10-15(11-7-13)18(16)17/h1,12-13H,3-11H2,(H,16,17). The Morgan fingerprint density at radius 3 is 2.28 bits per heavy atom. The molecule has 0 amide bonds. The van der Waals surface area contributed by atoms with Crippen LogP contribution in [-0.4, -0.2) is 50.2 Å². The van der Waals surface area contributed by atoms with Gasteiger partial charge in [-0.15, -0.1) is 12.3 Å². The Morgan fingerprint density at radius 2 is 1.78 bits per heavy atom. The van der Waals surface area contributed by atoms with Crippen molar-refractivity contribution in [2.75, 3.05) is 26.2 Å². The average Bonchev–Trinajstić information content (AvgIpc) is 2.40. The van der Waals surface area contributed by atoms with Crippen LogP contribution in [0, 0.1) is 18.3 Å². The molecule has 0 saturated carbocycles. The molecule has 2 saturated heterocycles. The highest BCUT2D eigenvalue weighted by Crippen LogP contribution is 2.25. The molecule has 1 atom stereocenters. The first kappa shape index (κ1) is 14.0. The number of likely N-dealkylation sites (tertiary alicyclic amines) is 1. The second-order valence-electron chi connectivity index (χ2n) is 5.28. The van der Waals surface area contributed by atoms with Gasteiger partial charge >= 0.3 is 0 Å². The molecule has 2 aliphatic rings. The van der Waals surface area contributed by atoms with Gasteiger partial charge < -0.3 is 4.90 Å². The van der Waals surface area contributed by atoms with E-state index in [4.69, 9.17) is 11.0 Å². The first-order valence-corrected chi connectivity index (χ1v) is 7.80. The van der Waals surface area contributed by atoms with Gasteiger partial charge in [0.25, 0.3) is 0 Å². The minimum Gasteiger partial charge on any atom is -0.300 e. The Bertz CT molecular complexity index is 326. The second kappa shape index (κ2) is 6.67. The quantitative estimate of drug-likeness (QED) is 0.621. The minimum absolute atomic E-state index is 0.594. The number of hydrogen-bond donors (Lipinski definition) is 1. The number of nitrogens with zero attached hydrogens (tertiary/aromatic N) is 2. The van der Waals surface area contributed by atoms with Gasteiger partial charge in [0.1, 0.15) is 0 Å². The largest absolute Gasteiger partial charge is 0.300 e. The smallest absolute Gasteiger partial charge is 0.234 e. The van der Waals surface area contributed by atoms with Gasteiger partial charge in [0.15, 0.2) is 0 Å². The monoisotopic (exact) mass is 270 g/mol. The first-order valence-electron chi connectivity index (χ1n) is 6.74. The molecule has 0 aliphatic carbocycles. The summed E-state index contributed by atoms with van der Waals surface area (Å²) in [6.07, 6.45) is 10.7. The van der Waals surface area contributed by atoms with Crippen LogP contribution < -0.4 is 0 Å². The van der Waals surface area contributed by atoms with E-state index < -0.39 is 11.3 Å². The number of terminal acetylenes is 1. The fraction of sp³-hybridized carbons (Fsp3) is 0.846. The molecule has 2 rings (SSSR count). The van der Waals surface area contributed by atoms with Gasteiger partial charge in [0.2, 0.25) is 11.3 Å². The summed E-state index contributed by atoms with van der Waals surface area (Å²) in [5.41, 5.74) is 0. The van der Waals surface area contributed by atoms with E-state index >= 15 is 0 Å². The van der Waals surface area contributed by atoms with E-state index in [9.17, 15) is 4.21 Å². The summed E-state index contributed by atoms with van der Waals surface area (Å²) in [4.78, 5) is 2.55. The number of hydrogen-bond acceptors (Lipinski definition) is 2. The lowest BCUT2D eigenvalue weighted by molar-refractivity contribution is 0.0978. The third kappa shape index (κ3) is 3.55. The second-order valence-corrected chi connectivity index (χ2v) is 6.26. The molecule has 102 valence electrons. The van der Waals surface area contributed by atoms with E-state index in [1.807, 2.05) is 0 Å². The van der Waals surface area contributed by atoms with Crippen molar-refractivity contribution in [1.82, 2.24) is 9.21 Å². The highest BCUT2D eigenvalue weighted by molar-refractivity contribution is 7.76. The average molecular weight is 270 g/mol. The van der Waals surface area contributed by atoms with Crippen molar-refractivity contribution in [2.45, 2.75) is 38.1 Å². The Kier molecular flexibility index (Phi) is 5.19. The first-order chi connectivity index (χ1) is 8.70. The van der Waals surface area contributed by atoms with E-state index in [0.717, 1.165) is 45.4 Å². The molecule has 4 nitrogen and oxygen atoms in total. The molecule has 0 aromatic carbocycles. The molecule has 5 heteroatoms. The molecular formula is C13H22N2O2S.